The zero-order chi connectivity index (χ0) is 12.2. The topological polar surface area (TPSA) is 38.9 Å². The van der Waals surface area contributed by atoms with E-state index in [0.29, 0.717) is 0 Å². The molecule has 3 rings (SSSR count). The van der Waals surface area contributed by atoms with Crippen LogP contribution in [-0.2, 0) is 6.42 Å². The number of nitrogens with zero attached hydrogens (tertiary/aromatic N) is 2. The Labute approximate surface area is 108 Å². The lowest BCUT2D eigenvalue weighted by atomic mass is 9.85. The maximum absolute atomic E-state index is 4.72. The van der Waals surface area contributed by atoms with Crippen LogP contribution in [0.3, 0.4) is 0 Å². The summed E-state index contributed by atoms with van der Waals surface area (Å²) in [6.45, 7) is 0. The minimum Gasteiger partial charge on any atom is -0.243 e. The van der Waals surface area contributed by atoms with Crippen LogP contribution in [0.4, 0.5) is 0 Å². The van der Waals surface area contributed by atoms with E-state index >= 15 is 0 Å². The first-order valence-corrected chi connectivity index (χ1v) is 7.13. The van der Waals surface area contributed by atoms with Crippen molar-refractivity contribution in [3.8, 4) is 0 Å². The van der Waals surface area contributed by atoms with E-state index in [9.17, 15) is 0 Å². The summed E-state index contributed by atoms with van der Waals surface area (Å²) in [5, 5.41) is 7.72. The van der Waals surface area contributed by atoms with Gasteiger partial charge in [0.15, 0.2) is 0 Å². The molecular formula is C15H20N2O. The van der Waals surface area contributed by atoms with Gasteiger partial charge in [-0.05, 0) is 46.8 Å². The van der Waals surface area contributed by atoms with E-state index in [0.717, 1.165) is 23.4 Å². The van der Waals surface area contributed by atoms with Gasteiger partial charge in [-0.1, -0.05) is 44.6 Å². The third kappa shape index (κ3) is 2.71. The average Bonchev–Trinajstić information content (AvgIpc) is 2.87. The molecule has 0 saturated heterocycles. The molecule has 3 nitrogen and oxygen atoms in total. The molecule has 1 aliphatic carbocycles. The van der Waals surface area contributed by atoms with Crippen LogP contribution in [-0.4, -0.2) is 10.3 Å². The monoisotopic (exact) mass is 244 g/mol. The minimum atomic E-state index is 0.853. The van der Waals surface area contributed by atoms with Crippen molar-refractivity contribution in [3.63, 3.8) is 0 Å². The summed E-state index contributed by atoms with van der Waals surface area (Å²) in [7, 11) is 0. The smallest absolute Gasteiger partial charge is 0.135 e. The van der Waals surface area contributed by atoms with Gasteiger partial charge < -0.3 is 0 Å². The van der Waals surface area contributed by atoms with Crippen LogP contribution in [0.15, 0.2) is 22.8 Å². The lowest BCUT2D eigenvalue weighted by Gasteiger charge is -2.21. The van der Waals surface area contributed by atoms with Gasteiger partial charge in [-0.3, -0.25) is 0 Å². The standard InChI is InChI=1S/C15H20N2O/c1-2-5-12(6-3-1)7-4-8-13-9-10-14-15(11-13)17-18-16-14/h9-12H,1-8H2. The van der Waals surface area contributed by atoms with Crippen LogP contribution in [0.25, 0.3) is 11.0 Å². The van der Waals surface area contributed by atoms with Gasteiger partial charge in [-0.15, -0.1) is 0 Å². The molecule has 0 bridgehead atoms. The molecule has 0 unspecified atom stereocenters. The number of hydrogen-bond acceptors (Lipinski definition) is 3. The summed E-state index contributed by atoms with van der Waals surface area (Å²) in [6.07, 6.45) is 11.1. The second-order valence-corrected chi connectivity index (χ2v) is 5.48. The maximum Gasteiger partial charge on any atom is 0.135 e. The summed E-state index contributed by atoms with van der Waals surface area (Å²) in [6, 6.07) is 6.25. The Morgan fingerprint density at radius 1 is 1.06 bits per heavy atom. The van der Waals surface area contributed by atoms with Crippen LogP contribution in [0.5, 0.6) is 0 Å². The zero-order valence-electron chi connectivity index (χ0n) is 10.8. The lowest BCUT2D eigenvalue weighted by Crippen LogP contribution is -2.06. The Balaban J connectivity index is 1.52. The first-order chi connectivity index (χ1) is 8.92. The Morgan fingerprint density at radius 2 is 1.89 bits per heavy atom. The normalized spacial score (nSPS) is 17.3. The molecule has 1 heterocycles. The number of benzene rings is 1. The predicted molar refractivity (Wildman–Crippen MR) is 71.3 cm³/mol. The van der Waals surface area contributed by atoms with Gasteiger partial charge in [-0.25, -0.2) is 4.63 Å². The fourth-order valence-corrected chi connectivity index (χ4v) is 3.05. The Bertz CT molecular complexity index is 500. The van der Waals surface area contributed by atoms with Crippen molar-refractivity contribution >= 4 is 11.0 Å². The highest BCUT2D eigenvalue weighted by Crippen LogP contribution is 2.27. The highest BCUT2D eigenvalue weighted by molar-refractivity contribution is 5.73. The van der Waals surface area contributed by atoms with Crippen LogP contribution in [0.1, 0.15) is 50.5 Å². The molecule has 0 N–H and O–H groups in total. The number of aromatic nitrogens is 2. The molecular weight excluding hydrogens is 224 g/mol. The van der Waals surface area contributed by atoms with Crippen molar-refractivity contribution in [2.75, 3.05) is 0 Å². The van der Waals surface area contributed by atoms with E-state index in [1.807, 2.05) is 6.07 Å². The summed E-state index contributed by atoms with van der Waals surface area (Å²) in [5.74, 6) is 0.983. The highest BCUT2D eigenvalue weighted by Gasteiger charge is 2.12. The molecule has 1 aromatic carbocycles. The van der Waals surface area contributed by atoms with Crippen LogP contribution in [0.2, 0.25) is 0 Å². The van der Waals surface area contributed by atoms with Crippen molar-refractivity contribution in [3.05, 3.63) is 23.8 Å². The van der Waals surface area contributed by atoms with E-state index in [4.69, 9.17) is 4.63 Å². The number of rotatable bonds is 4. The Morgan fingerprint density at radius 3 is 2.78 bits per heavy atom. The van der Waals surface area contributed by atoms with Crippen molar-refractivity contribution in [1.29, 1.82) is 0 Å². The predicted octanol–water partition coefficient (Wildman–Crippen LogP) is 4.13. The van der Waals surface area contributed by atoms with E-state index in [2.05, 4.69) is 22.4 Å². The molecule has 1 fully saturated rings. The van der Waals surface area contributed by atoms with Gasteiger partial charge in [0.2, 0.25) is 0 Å². The van der Waals surface area contributed by atoms with Crippen LogP contribution < -0.4 is 0 Å². The molecule has 3 heteroatoms. The first-order valence-electron chi connectivity index (χ1n) is 7.13. The summed E-state index contributed by atoms with van der Waals surface area (Å²) >= 11 is 0. The maximum atomic E-state index is 4.72. The van der Waals surface area contributed by atoms with E-state index in [1.54, 1.807) is 0 Å². The quantitative estimate of drug-likeness (QED) is 0.811. The summed E-state index contributed by atoms with van der Waals surface area (Å²) in [4.78, 5) is 0. The molecule has 1 aliphatic rings. The van der Waals surface area contributed by atoms with Crippen LogP contribution in [0, 0.1) is 5.92 Å². The fraction of sp³-hybridized carbons (Fsp3) is 0.600. The lowest BCUT2D eigenvalue weighted by molar-refractivity contribution is 0.315. The van der Waals surface area contributed by atoms with E-state index in [1.165, 1.54) is 50.5 Å². The van der Waals surface area contributed by atoms with Crippen molar-refractivity contribution < 1.29 is 4.63 Å². The second kappa shape index (κ2) is 5.51. The first kappa shape index (κ1) is 11.7. The van der Waals surface area contributed by atoms with Gasteiger partial charge >= 0.3 is 0 Å². The van der Waals surface area contributed by atoms with Crippen LogP contribution >= 0.6 is 0 Å². The SMILES string of the molecule is c1cc2nonc2cc1CCCC1CCCCC1. The molecule has 0 atom stereocenters. The largest absolute Gasteiger partial charge is 0.243 e. The molecule has 0 aliphatic heterocycles. The number of hydrogen-bond donors (Lipinski definition) is 0. The van der Waals surface area contributed by atoms with Gasteiger partial charge in [0, 0.05) is 0 Å². The molecule has 18 heavy (non-hydrogen) atoms. The van der Waals surface area contributed by atoms with Crippen molar-refractivity contribution in [2.45, 2.75) is 51.4 Å². The fourth-order valence-electron chi connectivity index (χ4n) is 3.05. The minimum absolute atomic E-state index is 0.853. The zero-order valence-corrected chi connectivity index (χ0v) is 10.8. The molecule has 1 saturated carbocycles. The van der Waals surface area contributed by atoms with E-state index in [-0.39, 0.29) is 0 Å². The Kier molecular flexibility index (Phi) is 3.58. The third-order valence-electron chi connectivity index (χ3n) is 4.12. The van der Waals surface area contributed by atoms with E-state index < -0.39 is 0 Å². The van der Waals surface area contributed by atoms with Gasteiger partial charge in [-0.2, -0.15) is 0 Å². The highest BCUT2D eigenvalue weighted by atomic mass is 16.6. The van der Waals surface area contributed by atoms with Crippen molar-refractivity contribution in [2.24, 2.45) is 5.92 Å². The molecule has 0 spiro atoms. The average molecular weight is 244 g/mol. The molecule has 2 aromatic rings. The summed E-state index contributed by atoms with van der Waals surface area (Å²) in [5.41, 5.74) is 3.09. The third-order valence-corrected chi connectivity index (χ3v) is 4.12. The molecule has 0 radical (unpaired) electrons. The molecule has 0 amide bonds. The Hall–Kier alpha value is -1.38. The summed E-state index contributed by atoms with van der Waals surface area (Å²) < 4.78 is 4.72. The van der Waals surface area contributed by atoms with Gasteiger partial charge in [0.05, 0.1) is 0 Å². The number of aryl methyl sites for hydroxylation is 1. The second-order valence-electron chi connectivity index (χ2n) is 5.48. The van der Waals surface area contributed by atoms with Crippen molar-refractivity contribution in [1.82, 2.24) is 10.3 Å². The van der Waals surface area contributed by atoms with Gasteiger partial charge in [0.1, 0.15) is 11.0 Å². The number of fused-ring (bicyclic) bond motifs is 1. The van der Waals surface area contributed by atoms with Gasteiger partial charge in [0.25, 0.3) is 0 Å². The molecule has 1 aromatic heterocycles. The molecule has 96 valence electrons.